The van der Waals surface area contributed by atoms with Crippen LogP contribution in [0.15, 0.2) is 30.3 Å². The maximum atomic E-state index is 12.4. The van der Waals surface area contributed by atoms with E-state index < -0.39 is 11.9 Å². The van der Waals surface area contributed by atoms with Gasteiger partial charge in [0.05, 0.1) is 10.5 Å². The first-order valence-corrected chi connectivity index (χ1v) is 6.97. The smallest absolute Gasteiger partial charge is 0.323 e. The minimum Gasteiger partial charge on any atom is -0.480 e. The molecule has 0 atom stereocenters. The molecule has 0 aliphatic heterocycles. The molecule has 2 aromatic rings. The molecule has 0 saturated heterocycles. The van der Waals surface area contributed by atoms with Crippen LogP contribution in [0.25, 0.3) is 10.9 Å². The minimum absolute atomic E-state index is 0.161. The lowest BCUT2D eigenvalue weighted by atomic mass is 10.2. The van der Waals surface area contributed by atoms with Crippen LogP contribution in [0, 0.1) is 0 Å². The van der Waals surface area contributed by atoms with Gasteiger partial charge in [0, 0.05) is 11.9 Å². The van der Waals surface area contributed by atoms with Crippen molar-refractivity contribution in [3.63, 3.8) is 0 Å². The summed E-state index contributed by atoms with van der Waals surface area (Å²) in [6.45, 7) is 1.89. The van der Waals surface area contributed by atoms with Crippen molar-refractivity contribution in [1.29, 1.82) is 0 Å². The van der Waals surface area contributed by atoms with Gasteiger partial charge in [0.15, 0.2) is 0 Å². The predicted octanol–water partition coefficient (Wildman–Crippen LogP) is 2.83. The van der Waals surface area contributed by atoms with Crippen molar-refractivity contribution in [2.45, 2.75) is 13.3 Å². The van der Waals surface area contributed by atoms with Crippen molar-refractivity contribution >= 4 is 34.4 Å². The maximum absolute atomic E-state index is 12.4. The fraction of sp³-hybridized carbons (Fsp3) is 0.267. The maximum Gasteiger partial charge on any atom is 0.323 e. The highest BCUT2D eigenvalue weighted by atomic mass is 35.5. The minimum atomic E-state index is -1.05. The number of aromatic nitrogens is 1. The van der Waals surface area contributed by atoms with Gasteiger partial charge < -0.3 is 10.0 Å². The number of rotatable bonds is 5. The Balaban J connectivity index is 2.39. The van der Waals surface area contributed by atoms with E-state index in [-0.39, 0.29) is 12.2 Å². The lowest BCUT2D eigenvalue weighted by molar-refractivity contribution is -0.137. The summed E-state index contributed by atoms with van der Waals surface area (Å²) < 4.78 is 0. The van der Waals surface area contributed by atoms with Gasteiger partial charge >= 0.3 is 5.97 Å². The van der Waals surface area contributed by atoms with Crippen molar-refractivity contribution in [3.8, 4) is 0 Å². The summed E-state index contributed by atoms with van der Waals surface area (Å²) in [5.41, 5.74) is 0.772. The molecular weight excluding hydrogens is 292 g/mol. The van der Waals surface area contributed by atoms with Crippen LogP contribution in [0.2, 0.25) is 5.02 Å². The number of aliphatic carboxylic acids is 1. The molecule has 1 aromatic carbocycles. The number of hydrogen-bond donors (Lipinski definition) is 1. The summed E-state index contributed by atoms with van der Waals surface area (Å²) >= 11 is 6.17. The molecule has 21 heavy (non-hydrogen) atoms. The second-order valence-corrected chi connectivity index (χ2v) is 5.03. The molecule has 0 radical (unpaired) electrons. The van der Waals surface area contributed by atoms with Crippen LogP contribution in [0.4, 0.5) is 0 Å². The van der Waals surface area contributed by atoms with Gasteiger partial charge in [0.2, 0.25) is 0 Å². The highest BCUT2D eigenvalue weighted by Crippen LogP contribution is 2.23. The molecule has 1 N–H and O–H groups in total. The standard InChI is InChI=1S/C15H15ClN2O3/c1-2-7-18(9-14(19)20)15(21)13-8-11(16)10-5-3-4-6-12(10)17-13/h3-6,8H,2,7,9H2,1H3,(H,19,20). The Morgan fingerprint density at radius 1 is 1.33 bits per heavy atom. The molecule has 2 rings (SSSR count). The number of benzene rings is 1. The zero-order valence-electron chi connectivity index (χ0n) is 11.5. The lowest BCUT2D eigenvalue weighted by Crippen LogP contribution is -2.36. The van der Waals surface area contributed by atoms with Crippen molar-refractivity contribution in [1.82, 2.24) is 9.88 Å². The molecule has 1 aromatic heterocycles. The molecule has 0 spiro atoms. The number of hydrogen-bond acceptors (Lipinski definition) is 3. The number of pyridine rings is 1. The van der Waals surface area contributed by atoms with Gasteiger partial charge in [-0.15, -0.1) is 0 Å². The van der Waals surface area contributed by atoms with Crippen LogP contribution >= 0.6 is 11.6 Å². The number of halogens is 1. The van der Waals surface area contributed by atoms with Crippen LogP contribution < -0.4 is 0 Å². The molecule has 1 amide bonds. The summed E-state index contributed by atoms with van der Waals surface area (Å²) in [5.74, 6) is -1.48. The van der Waals surface area contributed by atoms with E-state index in [0.717, 1.165) is 5.39 Å². The fourth-order valence-electron chi connectivity index (χ4n) is 2.09. The molecule has 0 aliphatic carbocycles. The second-order valence-electron chi connectivity index (χ2n) is 4.63. The highest BCUT2D eigenvalue weighted by Gasteiger charge is 2.20. The summed E-state index contributed by atoms with van der Waals surface area (Å²) in [7, 11) is 0. The van der Waals surface area contributed by atoms with Crippen molar-refractivity contribution in [2.75, 3.05) is 13.1 Å². The van der Waals surface area contributed by atoms with E-state index in [2.05, 4.69) is 4.98 Å². The number of carboxylic acids is 1. The Bertz CT molecular complexity index is 688. The van der Waals surface area contributed by atoms with E-state index in [9.17, 15) is 9.59 Å². The normalized spacial score (nSPS) is 10.6. The van der Waals surface area contributed by atoms with E-state index in [1.54, 1.807) is 12.1 Å². The first-order valence-electron chi connectivity index (χ1n) is 6.59. The summed E-state index contributed by atoms with van der Waals surface area (Å²) in [6, 6.07) is 8.71. The molecule has 0 aliphatic rings. The number of carbonyl (C=O) groups excluding carboxylic acids is 1. The summed E-state index contributed by atoms with van der Waals surface area (Å²) in [4.78, 5) is 28.8. The molecular formula is C15H15ClN2O3. The Labute approximate surface area is 127 Å². The van der Waals surface area contributed by atoms with Gasteiger partial charge in [-0.2, -0.15) is 0 Å². The molecule has 0 bridgehead atoms. The number of fused-ring (bicyclic) bond motifs is 1. The Hall–Kier alpha value is -2.14. The predicted molar refractivity (Wildman–Crippen MR) is 80.6 cm³/mol. The molecule has 6 heteroatoms. The van der Waals surface area contributed by atoms with Gasteiger partial charge in [0.25, 0.3) is 5.91 Å². The topological polar surface area (TPSA) is 70.5 Å². The van der Waals surface area contributed by atoms with Crippen LogP contribution in [-0.4, -0.2) is 40.0 Å². The van der Waals surface area contributed by atoms with Gasteiger partial charge in [-0.1, -0.05) is 36.7 Å². The Kier molecular flexibility index (Phi) is 4.75. The lowest BCUT2D eigenvalue weighted by Gasteiger charge is -2.19. The van der Waals surface area contributed by atoms with Crippen LogP contribution in [0.3, 0.4) is 0 Å². The largest absolute Gasteiger partial charge is 0.480 e. The number of para-hydroxylation sites is 1. The molecule has 0 saturated carbocycles. The van der Waals surface area contributed by atoms with Crippen LogP contribution in [0.5, 0.6) is 0 Å². The summed E-state index contributed by atoms with van der Waals surface area (Å²) in [5, 5.41) is 10.1. The second kappa shape index (κ2) is 6.54. The van der Waals surface area contributed by atoms with E-state index in [0.29, 0.717) is 23.5 Å². The van der Waals surface area contributed by atoms with E-state index in [1.807, 2.05) is 19.1 Å². The third-order valence-electron chi connectivity index (χ3n) is 2.99. The van der Waals surface area contributed by atoms with Gasteiger partial charge in [0.1, 0.15) is 12.2 Å². The number of carboxylic acid groups (broad SMARTS) is 1. The van der Waals surface area contributed by atoms with Crippen molar-refractivity contribution in [2.24, 2.45) is 0 Å². The third-order valence-corrected chi connectivity index (χ3v) is 3.30. The average Bonchev–Trinajstić information content (AvgIpc) is 2.45. The first kappa shape index (κ1) is 15.3. The quantitative estimate of drug-likeness (QED) is 0.922. The number of nitrogens with zero attached hydrogens (tertiary/aromatic N) is 2. The van der Waals surface area contributed by atoms with Crippen LogP contribution in [-0.2, 0) is 4.79 Å². The molecule has 0 unspecified atom stereocenters. The van der Waals surface area contributed by atoms with Gasteiger partial charge in [-0.3, -0.25) is 9.59 Å². The molecule has 5 nitrogen and oxygen atoms in total. The third kappa shape index (κ3) is 3.49. The van der Waals surface area contributed by atoms with E-state index >= 15 is 0 Å². The van der Waals surface area contributed by atoms with Crippen LogP contribution in [0.1, 0.15) is 23.8 Å². The SMILES string of the molecule is CCCN(CC(=O)O)C(=O)c1cc(Cl)c2ccccc2n1. The average molecular weight is 307 g/mol. The zero-order chi connectivity index (χ0) is 15.4. The Morgan fingerprint density at radius 3 is 2.71 bits per heavy atom. The molecule has 0 fully saturated rings. The van der Waals surface area contributed by atoms with Gasteiger partial charge in [-0.05, 0) is 18.6 Å². The Morgan fingerprint density at radius 2 is 2.05 bits per heavy atom. The van der Waals surface area contributed by atoms with Crippen molar-refractivity contribution in [3.05, 3.63) is 41.0 Å². The molecule has 1 heterocycles. The zero-order valence-corrected chi connectivity index (χ0v) is 12.3. The number of carbonyl (C=O) groups is 2. The number of amides is 1. The summed E-state index contributed by atoms with van der Waals surface area (Å²) in [6.07, 6.45) is 0.667. The first-order chi connectivity index (χ1) is 10.0. The van der Waals surface area contributed by atoms with Gasteiger partial charge in [-0.25, -0.2) is 4.98 Å². The fourth-order valence-corrected chi connectivity index (χ4v) is 2.35. The van der Waals surface area contributed by atoms with Crippen molar-refractivity contribution < 1.29 is 14.7 Å². The van der Waals surface area contributed by atoms with E-state index in [1.165, 1.54) is 11.0 Å². The monoisotopic (exact) mass is 306 g/mol. The highest BCUT2D eigenvalue weighted by molar-refractivity contribution is 6.35. The molecule has 110 valence electrons. The van der Waals surface area contributed by atoms with E-state index in [4.69, 9.17) is 16.7 Å².